The van der Waals surface area contributed by atoms with Crippen LogP contribution in [0.25, 0.3) is 0 Å². The molecule has 2 amide bonds. The first kappa shape index (κ1) is 16.0. The fourth-order valence-corrected chi connectivity index (χ4v) is 2.75. The van der Waals surface area contributed by atoms with Crippen molar-refractivity contribution in [1.29, 1.82) is 0 Å². The van der Waals surface area contributed by atoms with Crippen molar-refractivity contribution < 1.29 is 14.0 Å². The molecule has 21 heavy (non-hydrogen) atoms. The maximum absolute atomic E-state index is 13.5. The number of benzene rings is 1. The van der Waals surface area contributed by atoms with Crippen LogP contribution in [0.4, 0.5) is 10.1 Å². The molecule has 0 spiro atoms. The Hall–Kier alpha value is -1.33. The van der Waals surface area contributed by atoms with Crippen molar-refractivity contribution in [1.82, 2.24) is 5.32 Å². The molecular weight excluding hydrogens is 318 g/mol. The monoisotopic (exact) mass is 332 g/mol. The highest BCUT2D eigenvalue weighted by molar-refractivity contribution is 6.35. The van der Waals surface area contributed by atoms with Gasteiger partial charge in [-0.2, -0.15) is 0 Å². The average molecular weight is 333 g/mol. The fourth-order valence-electron chi connectivity index (χ4n) is 2.28. The standard InChI is InChI=1S/C14H15Cl2FN2O2/c1-2-3-11-14(21)19(5-4-12(20)18-11)8-6-9(15)13(17)10(16)7-8/h6-7,11H,2-5H2,1H3,(H,18,20). The van der Waals surface area contributed by atoms with Crippen molar-refractivity contribution >= 4 is 40.7 Å². The zero-order chi connectivity index (χ0) is 15.6. The van der Waals surface area contributed by atoms with E-state index in [2.05, 4.69) is 5.32 Å². The summed E-state index contributed by atoms with van der Waals surface area (Å²) in [5, 5.41) is 2.40. The minimum atomic E-state index is -0.719. The third kappa shape index (κ3) is 3.47. The SMILES string of the molecule is CCCC1NC(=O)CCN(c2cc(Cl)c(F)c(Cl)c2)C1=O. The Morgan fingerprint density at radius 1 is 1.33 bits per heavy atom. The molecule has 2 rings (SSSR count). The number of rotatable bonds is 3. The molecule has 1 unspecified atom stereocenters. The van der Waals surface area contributed by atoms with Crippen LogP contribution in [0, 0.1) is 5.82 Å². The van der Waals surface area contributed by atoms with Crippen molar-refractivity contribution in [2.75, 3.05) is 11.4 Å². The van der Waals surface area contributed by atoms with E-state index in [9.17, 15) is 14.0 Å². The quantitative estimate of drug-likeness (QED) is 0.864. The third-order valence-electron chi connectivity index (χ3n) is 3.32. The summed E-state index contributed by atoms with van der Waals surface area (Å²) in [4.78, 5) is 25.6. The fraction of sp³-hybridized carbons (Fsp3) is 0.429. The molecule has 1 aromatic carbocycles. The van der Waals surface area contributed by atoms with E-state index in [-0.39, 0.29) is 34.8 Å². The highest BCUT2D eigenvalue weighted by atomic mass is 35.5. The Labute approximate surface area is 132 Å². The van der Waals surface area contributed by atoms with Crippen LogP contribution >= 0.6 is 23.2 Å². The summed E-state index contributed by atoms with van der Waals surface area (Å²) in [7, 11) is 0. The number of carbonyl (C=O) groups excluding carboxylic acids is 2. The van der Waals surface area contributed by atoms with Gasteiger partial charge in [0, 0.05) is 18.7 Å². The highest BCUT2D eigenvalue weighted by Gasteiger charge is 2.30. The van der Waals surface area contributed by atoms with Crippen LogP contribution in [0.1, 0.15) is 26.2 Å². The van der Waals surface area contributed by atoms with Gasteiger partial charge in [0.15, 0.2) is 5.82 Å². The van der Waals surface area contributed by atoms with E-state index in [4.69, 9.17) is 23.2 Å². The lowest BCUT2D eigenvalue weighted by molar-refractivity contribution is -0.125. The van der Waals surface area contributed by atoms with Gasteiger partial charge in [-0.15, -0.1) is 0 Å². The molecular formula is C14H15Cl2FN2O2. The van der Waals surface area contributed by atoms with Crippen molar-refractivity contribution in [2.45, 2.75) is 32.2 Å². The highest BCUT2D eigenvalue weighted by Crippen LogP contribution is 2.30. The number of halogens is 3. The first-order valence-electron chi connectivity index (χ1n) is 6.69. The Morgan fingerprint density at radius 3 is 2.52 bits per heavy atom. The van der Waals surface area contributed by atoms with Gasteiger partial charge in [0.1, 0.15) is 6.04 Å². The first-order chi connectivity index (χ1) is 9.93. The summed E-state index contributed by atoms with van der Waals surface area (Å²) in [6.07, 6.45) is 1.48. The molecule has 1 N–H and O–H groups in total. The van der Waals surface area contributed by atoms with Crippen molar-refractivity contribution in [2.24, 2.45) is 0 Å². The predicted molar refractivity (Wildman–Crippen MR) is 80.2 cm³/mol. The maximum atomic E-state index is 13.5. The molecule has 1 saturated heterocycles. The van der Waals surface area contributed by atoms with E-state index in [1.165, 1.54) is 17.0 Å². The smallest absolute Gasteiger partial charge is 0.249 e. The van der Waals surface area contributed by atoms with Crippen LogP contribution in [-0.4, -0.2) is 24.4 Å². The summed E-state index contributed by atoms with van der Waals surface area (Å²) < 4.78 is 13.5. The number of hydrogen-bond donors (Lipinski definition) is 1. The van der Waals surface area contributed by atoms with E-state index in [0.29, 0.717) is 12.1 Å². The zero-order valence-electron chi connectivity index (χ0n) is 11.5. The van der Waals surface area contributed by atoms with Gasteiger partial charge in [0.2, 0.25) is 11.8 Å². The number of nitrogens with one attached hydrogen (secondary N) is 1. The lowest BCUT2D eigenvalue weighted by atomic mass is 10.1. The molecule has 0 aromatic heterocycles. The van der Waals surface area contributed by atoms with Crippen molar-refractivity contribution in [3.63, 3.8) is 0 Å². The minimum Gasteiger partial charge on any atom is -0.344 e. The van der Waals surface area contributed by atoms with Crippen LogP contribution in [-0.2, 0) is 9.59 Å². The van der Waals surface area contributed by atoms with Gasteiger partial charge >= 0.3 is 0 Å². The number of hydrogen-bond acceptors (Lipinski definition) is 2. The van der Waals surface area contributed by atoms with Crippen molar-refractivity contribution in [3.05, 3.63) is 28.0 Å². The Bertz CT molecular complexity index is 557. The Kier molecular flexibility index (Phi) is 5.06. The van der Waals surface area contributed by atoms with E-state index < -0.39 is 11.9 Å². The molecule has 1 atom stereocenters. The number of carbonyl (C=O) groups is 2. The molecule has 7 heteroatoms. The van der Waals surface area contributed by atoms with Crippen LogP contribution in [0.5, 0.6) is 0 Å². The van der Waals surface area contributed by atoms with Gasteiger partial charge in [0.05, 0.1) is 10.0 Å². The molecule has 1 fully saturated rings. The zero-order valence-corrected chi connectivity index (χ0v) is 13.0. The number of nitrogens with zero attached hydrogens (tertiary/aromatic N) is 1. The lowest BCUT2D eigenvalue weighted by Crippen LogP contribution is -2.44. The van der Waals surface area contributed by atoms with Gasteiger partial charge in [-0.25, -0.2) is 4.39 Å². The molecule has 4 nitrogen and oxygen atoms in total. The van der Waals surface area contributed by atoms with E-state index in [0.717, 1.165) is 6.42 Å². The molecule has 114 valence electrons. The molecule has 1 aliphatic rings. The third-order valence-corrected chi connectivity index (χ3v) is 3.87. The molecule has 0 bridgehead atoms. The van der Waals surface area contributed by atoms with Crippen LogP contribution in [0.15, 0.2) is 12.1 Å². The van der Waals surface area contributed by atoms with Crippen molar-refractivity contribution in [3.8, 4) is 0 Å². The maximum Gasteiger partial charge on any atom is 0.249 e. The Balaban J connectivity index is 2.36. The van der Waals surface area contributed by atoms with Crippen LogP contribution in [0.3, 0.4) is 0 Å². The summed E-state index contributed by atoms with van der Waals surface area (Å²) in [6, 6.07) is 2.12. The second-order valence-electron chi connectivity index (χ2n) is 4.87. The topological polar surface area (TPSA) is 49.4 Å². The largest absolute Gasteiger partial charge is 0.344 e. The number of anilines is 1. The predicted octanol–water partition coefficient (Wildman–Crippen LogP) is 3.15. The molecule has 1 aromatic rings. The molecule has 1 aliphatic heterocycles. The molecule has 0 saturated carbocycles. The summed E-state index contributed by atoms with van der Waals surface area (Å²) >= 11 is 11.5. The van der Waals surface area contributed by atoms with E-state index in [1.54, 1.807) is 0 Å². The van der Waals surface area contributed by atoms with Crippen LogP contribution in [0.2, 0.25) is 10.0 Å². The summed E-state index contributed by atoms with van der Waals surface area (Å²) in [6.45, 7) is 2.14. The van der Waals surface area contributed by atoms with Gasteiger partial charge in [-0.05, 0) is 18.6 Å². The molecule has 0 aliphatic carbocycles. The average Bonchev–Trinajstić information content (AvgIpc) is 2.56. The van der Waals surface area contributed by atoms with E-state index in [1.807, 2.05) is 6.92 Å². The van der Waals surface area contributed by atoms with Gasteiger partial charge in [-0.1, -0.05) is 36.5 Å². The normalized spacial score (nSPS) is 19.4. The minimum absolute atomic E-state index is 0.152. The lowest BCUT2D eigenvalue weighted by Gasteiger charge is -2.24. The second kappa shape index (κ2) is 6.62. The molecule has 1 heterocycles. The Morgan fingerprint density at radius 2 is 1.95 bits per heavy atom. The van der Waals surface area contributed by atoms with Gasteiger partial charge < -0.3 is 10.2 Å². The van der Waals surface area contributed by atoms with E-state index >= 15 is 0 Å². The second-order valence-corrected chi connectivity index (χ2v) is 5.69. The van der Waals surface area contributed by atoms with Gasteiger partial charge in [0.25, 0.3) is 0 Å². The summed E-state index contributed by atoms with van der Waals surface area (Å²) in [5.41, 5.74) is 0.397. The molecule has 0 radical (unpaired) electrons. The van der Waals surface area contributed by atoms with Crippen LogP contribution < -0.4 is 10.2 Å². The van der Waals surface area contributed by atoms with Gasteiger partial charge in [-0.3, -0.25) is 9.59 Å². The summed E-state index contributed by atoms with van der Waals surface area (Å²) in [5.74, 6) is -1.13. The first-order valence-corrected chi connectivity index (χ1v) is 7.45. The number of amides is 2.